The van der Waals surface area contributed by atoms with Crippen LogP contribution in [0.3, 0.4) is 0 Å². The van der Waals surface area contributed by atoms with E-state index in [1.807, 2.05) is 0 Å². The SMILES string of the molecule is COc1ccc(S(N)(=O)=O)cc1C(=O)OCC(=O)NC(N)=O. The van der Waals surface area contributed by atoms with Gasteiger partial charge in [0.25, 0.3) is 5.91 Å². The number of hydrogen-bond donors (Lipinski definition) is 3. The van der Waals surface area contributed by atoms with Crippen molar-refractivity contribution in [3.05, 3.63) is 23.8 Å². The monoisotopic (exact) mass is 331 g/mol. The lowest BCUT2D eigenvalue weighted by Crippen LogP contribution is -2.37. The van der Waals surface area contributed by atoms with Crippen molar-refractivity contribution < 1.29 is 32.3 Å². The number of amides is 3. The third kappa shape index (κ3) is 4.71. The number of primary sulfonamides is 1. The minimum atomic E-state index is -4.03. The molecule has 1 aromatic rings. The molecule has 120 valence electrons. The molecule has 1 aromatic carbocycles. The number of hydrogen-bond acceptors (Lipinski definition) is 7. The van der Waals surface area contributed by atoms with Gasteiger partial charge in [0.05, 0.1) is 12.0 Å². The van der Waals surface area contributed by atoms with E-state index in [9.17, 15) is 22.8 Å². The number of nitrogens with two attached hydrogens (primary N) is 2. The second kappa shape index (κ2) is 6.87. The van der Waals surface area contributed by atoms with E-state index in [0.717, 1.165) is 12.1 Å². The maximum atomic E-state index is 11.9. The number of nitrogens with one attached hydrogen (secondary N) is 1. The number of primary amides is 1. The van der Waals surface area contributed by atoms with Crippen LogP contribution in [0.4, 0.5) is 4.79 Å². The van der Waals surface area contributed by atoms with Crippen molar-refractivity contribution in [2.75, 3.05) is 13.7 Å². The molecule has 0 spiro atoms. The van der Waals surface area contributed by atoms with Crippen LogP contribution in [-0.2, 0) is 19.6 Å². The van der Waals surface area contributed by atoms with Crippen LogP contribution in [0.2, 0.25) is 0 Å². The second-order valence-corrected chi connectivity index (χ2v) is 5.46. The van der Waals surface area contributed by atoms with Crippen LogP contribution in [-0.4, -0.2) is 40.0 Å². The summed E-state index contributed by atoms with van der Waals surface area (Å²) >= 11 is 0. The Morgan fingerprint density at radius 2 is 1.91 bits per heavy atom. The Labute approximate surface area is 125 Å². The van der Waals surface area contributed by atoms with Crippen molar-refractivity contribution in [1.82, 2.24) is 5.32 Å². The Hall–Kier alpha value is -2.66. The van der Waals surface area contributed by atoms with Crippen LogP contribution in [0.15, 0.2) is 23.1 Å². The molecule has 10 nitrogen and oxygen atoms in total. The molecule has 0 unspecified atom stereocenters. The first-order valence-corrected chi connectivity index (χ1v) is 7.17. The lowest BCUT2D eigenvalue weighted by atomic mass is 10.2. The van der Waals surface area contributed by atoms with Gasteiger partial charge in [0, 0.05) is 0 Å². The molecule has 0 saturated heterocycles. The fourth-order valence-corrected chi connectivity index (χ4v) is 1.95. The average Bonchev–Trinajstić information content (AvgIpc) is 2.42. The van der Waals surface area contributed by atoms with Gasteiger partial charge in [-0.2, -0.15) is 0 Å². The summed E-state index contributed by atoms with van der Waals surface area (Å²) in [6.07, 6.45) is 0. The Morgan fingerprint density at radius 1 is 1.27 bits per heavy atom. The van der Waals surface area contributed by atoms with Gasteiger partial charge in [-0.3, -0.25) is 10.1 Å². The van der Waals surface area contributed by atoms with E-state index in [0.29, 0.717) is 0 Å². The Bertz CT molecular complexity index is 714. The lowest BCUT2D eigenvalue weighted by molar-refractivity contribution is -0.123. The topological polar surface area (TPSA) is 168 Å². The van der Waals surface area contributed by atoms with Gasteiger partial charge in [-0.1, -0.05) is 0 Å². The number of benzene rings is 1. The van der Waals surface area contributed by atoms with Gasteiger partial charge in [-0.25, -0.2) is 23.1 Å². The van der Waals surface area contributed by atoms with Crippen molar-refractivity contribution in [2.24, 2.45) is 10.9 Å². The quantitative estimate of drug-likeness (QED) is 0.563. The van der Waals surface area contributed by atoms with Crippen molar-refractivity contribution in [3.8, 4) is 5.75 Å². The average molecular weight is 331 g/mol. The normalized spacial score (nSPS) is 10.6. The number of sulfonamides is 1. The second-order valence-electron chi connectivity index (χ2n) is 3.90. The molecule has 0 atom stereocenters. The molecule has 0 bridgehead atoms. The number of urea groups is 1. The predicted molar refractivity (Wildman–Crippen MR) is 72.4 cm³/mol. The minimum Gasteiger partial charge on any atom is -0.496 e. The van der Waals surface area contributed by atoms with Gasteiger partial charge in [0.2, 0.25) is 10.0 Å². The van der Waals surface area contributed by atoms with Crippen molar-refractivity contribution >= 4 is 27.9 Å². The van der Waals surface area contributed by atoms with E-state index in [-0.39, 0.29) is 16.2 Å². The molecule has 22 heavy (non-hydrogen) atoms. The molecule has 0 aliphatic carbocycles. The standard InChI is InChI=1S/C11H13N3O7S/c1-20-8-3-2-6(22(13,18)19)4-7(8)10(16)21-5-9(15)14-11(12)17/h2-4H,5H2,1H3,(H2,13,18,19)(H3,12,14,15,17). The Kier molecular flexibility index (Phi) is 5.43. The third-order valence-electron chi connectivity index (χ3n) is 2.32. The number of esters is 1. The molecule has 0 aromatic heterocycles. The molecule has 11 heteroatoms. The Balaban J connectivity index is 2.96. The Morgan fingerprint density at radius 3 is 2.41 bits per heavy atom. The summed E-state index contributed by atoms with van der Waals surface area (Å²) in [5, 5.41) is 6.65. The first kappa shape index (κ1) is 17.4. The van der Waals surface area contributed by atoms with Gasteiger partial charge < -0.3 is 15.2 Å². The molecule has 0 aliphatic heterocycles. The molecular weight excluding hydrogens is 318 g/mol. The van der Waals surface area contributed by atoms with Crippen LogP contribution < -0.4 is 20.9 Å². The molecule has 0 radical (unpaired) electrons. The summed E-state index contributed by atoms with van der Waals surface area (Å²) < 4.78 is 32.0. The summed E-state index contributed by atoms with van der Waals surface area (Å²) in [6.45, 7) is -0.787. The van der Waals surface area contributed by atoms with Crippen LogP contribution in [0.25, 0.3) is 0 Å². The minimum absolute atomic E-state index is 0.0210. The lowest BCUT2D eigenvalue weighted by Gasteiger charge is -2.09. The molecule has 3 amide bonds. The molecule has 0 saturated carbocycles. The van der Waals surface area contributed by atoms with E-state index in [4.69, 9.17) is 15.6 Å². The molecular formula is C11H13N3O7S. The van der Waals surface area contributed by atoms with Crippen molar-refractivity contribution in [1.29, 1.82) is 0 Å². The molecule has 1 rings (SSSR count). The van der Waals surface area contributed by atoms with Crippen molar-refractivity contribution in [3.63, 3.8) is 0 Å². The number of carbonyl (C=O) groups is 3. The van der Waals surface area contributed by atoms with Crippen LogP contribution in [0.5, 0.6) is 5.75 Å². The van der Waals surface area contributed by atoms with Crippen LogP contribution >= 0.6 is 0 Å². The summed E-state index contributed by atoms with van der Waals surface area (Å²) in [4.78, 5) is 33.1. The highest BCUT2D eigenvalue weighted by atomic mass is 32.2. The largest absolute Gasteiger partial charge is 0.496 e. The predicted octanol–water partition coefficient (Wildman–Crippen LogP) is -1.31. The number of carbonyl (C=O) groups excluding carboxylic acids is 3. The van der Waals surface area contributed by atoms with Gasteiger partial charge in [0.15, 0.2) is 6.61 Å². The zero-order valence-electron chi connectivity index (χ0n) is 11.4. The maximum Gasteiger partial charge on any atom is 0.342 e. The highest BCUT2D eigenvalue weighted by molar-refractivity contribution is 7.89. The van der Waals surface area contributed by atoms with E-state index < -0.39 is 34.5 Å². The molecule has 0 heterocycles. The van der Waals surface area contributed by atoms with Crippen molar-refractivity contribution in [2.45, 2.75) is 4.90 Å². The molecule has 0 aliphatic rings. The number of rotatable bonds is 5. The van der Waals surface area contributed by atoms with E-state index in [1.165, 1.54) is 13.2 Å². The van der Waals surface area contributed by atoms with Crippen LogP contribution in [0, 0.1) is 0 Å². The van der Waals surface area contributed by atoms with Gasteiger partial charge in [-0.05, 0) is 18.2 Å². The van der Waals surface area contributed by atoms with E-state index >= 15 is 0 Å². The zero-order chi connectivity index (χ0) is 16.9. The van der Waals surface area contributed by atoms with Crippen LogP contribution in [0.1, 0.15) is 10.4 Å². The summed E-state index contributed by atoms with van der Waals surface area (Å²) in [7, 11) is -2.78. The first-order valence-electron chi connectivity index (χ1n) is 5.62. The summed E-state index contributed by atoms with van der Waals surface area (Å²) in [5.74, 6) is -1.96. The number of imide groups is 1. The zero-order valence-corrected chi connectivity index (χ0v) is 12.2. The van der Waals surface area contributed by atoms with E-state index in [2.05, 4.69) is 4.74 Å². The maximum absolute atomic E-state index is 11.9. The van der Waals surface area contributed by atoms with Gasteiger partial charge in [-0.15, -0.1) is 0 Å². The molecule has 5 N–H and O–H groups in total. The highest BCUT2D eigenvalue weighted by Crippen LogP contribution is 2.22. The highest BCUT2D eigenvalue weighted by Gasteiger charge is 2.19. The summed E-state index contributed by atoms with van der Waals surface area (Å²) in [5.41, 5.74) is 4.46. The smallest absolute Gasteiger partial charge is 0.342 e. The van der Waals surface area contributed by atoms with E-state index in [1.54, 1.807) is 5.32 Å². The number of ether oxygens (including phenoxy) is 2. The first-order chi connectivity index (χ1) is 10.1. The fraction of sp³-hybridized carbons (Fsp3) is 0.182. The van der Waals surface area contributed by atoms with Gasteiger partial charge >= 0.3 is 12.0 Å². The third-order valence-corrected chi connectivity index (χ3v) is 3.23. The fourth-order valence-electron chi connectivity index (χ4n) is 1.41. The molecule has 0 fully saturated rings. The summed E-state index contributed by atoms with van der Waals surface area (Å²) in [6, 6.07) is 2.20. The van der Waals surface area contributed by atoms with Gasteiger partial charge in [0.1, 0.15) is 11.3 Å². The number of methoxy groups -OCH3 is 1.